The first-order chi connectivity index (χ1) is 6.50. The minimum Gasteiger partial charge on any atom is -0.480 e. The van der Waals surface area contributed by atoms with Crippen molar-refractivity contribution in [3.05, 3.63) is 32.4 Å². The van der Waals surface area contributed by atoms with Gasteiger partial charge < -0.3 is 10.8 Å². The van der Waals surface area contributed by atoms with Crippen molar-refractivity contribution in [3.8, 4) is 0 Å². The number of rotatable bonds is 3. The summed E-state index contributed by atoms with van der Waals surface area (Å²) in [5, 5.41) is 9.19. The van der Waals surface area contributed by atoms with Gasteiger partial charge in [-0.3, -0.25) is 4.79 Å². The van der Waals surface area contributed by atoms with E-state index in [1.165, 1.54) is 0 Å². The zero-order valence-corrected chi connectivity index (χ0v) is 10.1. The maximum Gasteiger partial charge on any atom is 0.320 e. The van der Waals surface area contributed by atoms with Crippen molar-refractivity contribution < 1.29 is 9.90 Å². The highest BCUT2D eigenvalue weighted by Crippen LogP contribution is 2.19. The van der Waals surface area contributed by atoms with Crippen LogP contribution < -0.4 is 5.73 Å². The topological polar surface area (TPSA) is 63.3 Å². The van der Waals surface area contributed by atoms with Crippen molar-refractivity contribution in [2.75, 3.05) is 0 Å². The van der Waals surface area contributed by atoms with E-state index in [1.807, 2.05) is 12.1 Å². The number of carboxylic acid groups (broad SMARTS) is 1. The first-order valence-electron chi connectivity index (χ1n) is 3.93. The highest BCUT2D eigenvalue weighted by atomic mass is 127. The van der Waals surface area contributed by atoms with Gasteiger partial charge in [-0.2, -0.15) is 0 Å². The second-order valence-electron chi connectivity index (χ2n) is 2.88. The fourth-order valence-electron chi connectivity index (χ4n) is 1.02. The van der Waals surface area contributed by atoms with Crippen molar-refractivity contribution in [1.29, 1.82) is 0 Å². The van der Waals surface area contributed by atoms with Crippen LogP contribution in [0.4, 0.5) is 0 Å². The van der Waals surface area contributed by atoms with E-state index >= 15 is 0 Å². The molecule has 1 atom stereocenters. The Bertz CT molecular complexity index is 357. The Morgan fingerprint density at radius 2 is 2.29 bits per heavy atom. The highest BCUT2D eigenvalue weighted by Gasteiger charge is 2.13. The number of benzene rings is 1. The zero-order valence-electron chi connectivity index (χ0n) is 7.21. The van der Waals surface area contributed by atoms with E-state index in [0.717, 1.165) is 9.13 Å². The lowest BCUT2D eigenvalue weighted by Crippen LogP contribution is -2.32. The number of hydrogen-bond donors (Lipinski definition) is 2. The number of carbonyl (C=O) groups is 1. The monoisotopic (exact) mass is 325 g/mol. The molecule has 0 aliphatic rings. The molecule has 0 aliphatic heterocycles. The summed E-state index contributed by atoms with van der Waals surface area (Å²) < 4.78 is 1.01. The van der Waals surface area contributed by atoms with Crippen LogP contribution in [0, 0.1) is 3.57 Å². The molecule has 3 N–H and O–H groups in total. The van der Waals surface area contributed by atoms with Gasteiger partial charge in [-0.1, -0.05) is 11.6 Å². The Morgan fingerprint density at radius 1 is 1.64 bits per heavy atom. The first kappa shape index (κ1) is 11.7. The summed E-state index contributed by atoms with van der Waals surface area (Å²) in [6.07, 6.45) is 0.255. The number of carboxylic acids is 1. The number of halogens is 2. The molecule has 1 aromatic rings. The summed E-state index contributed by atoms with van der Waals surface area (Å²) >= 11 is 8.03. The molecule has 0 amide bonds. The molecule has 0 aliphatic carbocycles. The summed E-state index contributed by atoms with van der Waals surface area (Å²) in [5.41, 5.74) is 6.18. The molecule has 0 spiro atoms. The third kappa shape index (κ3) is 3.11. The molecule has 0 unspecified atom stereocenters. The molecule has 76 valence electrons. The SMILES string of the molecule is N[C@H](Cc1cc(I)ccc1Cl)C(=O)O. The maximum absolute atomic E-state index is 10.5. The van der Waals surface area contributed by atoms with Crippen molar-refractivity contribution in [3.63, 3.8) is 0 Å². The van der Waals surface area contributed by atoms with E-state index in [0.29, 0.717) is 5.02 Å². The van der Waals surface area contributed by atoms with E-state index in [-0.39, 0.29) is 6.42 Å². The molecule has 0 saturated carbocycles. The smallest absolute Gasteiger partial charge is 0.320 e. The van der Waals surface area contributed by atoms with Crippen LogP contribution in [-0.4, -0.2) is 17.1 Å². The van der Waals surface area contributed by atoms with Crippen LogP contribution in [0.5, 0.6) is 0 Å². The first-order valence-corrected chi connectivity index (χ1v) is 5.38. The fraction of sp³-hybridized carbons (Fsp3) is 0.222. The van der Waals surface area contributed by atoms with Crippen molar-refractivity contribution >= 4 is 40.2 Å². The van der Waals surface area contributed by atoms with Gasteiger partial charge in [-0.25, -0.2) is 0 Å². The molecule has 0 fully saturated rings. The Hall–Kier alpha value is -0.330. The van der Waals surface area contributed by atoms with E-state index in [1.54, 1.807) is 6.07 Å². The lowest BCUT2D eigenvalue weighted by atomic mass is 10.1. The highest BCUT2D eigenvalue weighted by molar-refractivity contribution is 14.1. The molecule has 5 heteroatoms. The summed E-state index contributed by atoms with van der Waals surface area (Å²) in [4.78, 5) is 10.5. The molecule has 1 aromatic carbocycles. The summed E-state index contributed by atoms with van der Waals surface area (Å²) in [5.74, 6) is -1.01. The molecule has 1 rings (SSSR count). The molecule has 0 bridgehead atoms. The molecule has 0 radical (unpaired) electrons. The second-order valence-corrected chi connectivity index (χ2v) is 4.54. The van der Waals surface area contributed by atoms with Gasteiger partial charge in [0, 0.05) is 8.59 Å². The second kappa shape index (κ2) is 4.95. The van der Waals surface area contributed by atoms with Crippen LogP contribution in [-0.2, 0) is 11.2 Å². The van der Waals surface area contributed by atoms with Gasteiger partial charge in [0.05, 0.1) is 0 Å². The maximum atomic E-state index is 10.5. The van der Waals surface area contributed by atoms with E-state index in [4.69, 9.17) is 22.4 Å². The van der Waals surface area contributed by atoms with Gasteiger partial charge in [0.2, 0.25) is 0 Å². The minimum atomic E-state index is -1.01. The predicted molar refractivity (Wildman–Crippen MR) is 63.5 cm³/mol. The Labute approximate surface area is 100 Å². The lowest BCUT2D eigenvalue weighted by molar-refractivity contribution is -0.138. The third-order valence-electron chi connectivity index (χ3n) is 1.76. The average molecular weight is 326 g/mol. The van der Waals surface area contributed by atoms with Gasteiger partial charge in [0.15, 0.2) is 0 Å². The van der Waals surface area contributed by atoms with Crippen molar-refractivity contribution in [2.45, 2.75) is 12.5 Å². The van der Waals surface area contributed by atoms with Crippen molar-refractivity contribution in [1.82, 2.24) is 0 Å². The average Bonchev–Trinajstić information content (AvgIpc) is 2.11. The molecule has 0 saturated heterocycles. The van der Waals surface area contributed by atoms with Crippen LogP contribution in [0.2, 0.25) is 5.02 Å². The Balaban J connectivity index is 2.85. The van der Waals surface area contributed by atoms with Crippen LogP contribution in [0.15, 0.2) is 18.2 Å². The van der Waals surface area contributed by atoms with Gasteiger partial charge in [-0.05, 0) is 52.8 Å². The fourth-order valence-corrected chi connectivity index (χ4v) is 1.77. The van der Waals surface area contributed by atoms with E-state index in [2.05, 4.69) is 22.6 Å². The van der Waals surface area contributed by atoms with Gasteiger partial charge in [-0.15, -0.1) is 0 Å². The summed E-state index contributed by atoms with van der Waals surface area (Å²) in [6, 6.07) is 4.54. The minimum absolute atomic E-state index is 0.255. The van der Waals surface area contributed by atoms with E-state index in [9.17, 15) is 4.79 Å². The van der Waals surface area contributed by atoms with E-state index < -0.39 is 12.0 Å². The number of hydrogen-bond acceptors (Lipinski definition) is 2. The Morgan fingerprint density at radius 3 is 2.86 bits per heavy atom. The quantitative estimate of drug-likeness (QED) is 0.834. The molecule has 0 aromatic heterocycles. The molecule has 14 heavy (non-hydrogen) atoms. The molecular formula is C9H9ClINO2. The zero-order chi connectivity index (χ0) is 10.7. The van der Waals surface area contributed by atoms with Crippen molar-refractivity contribution in [2.24, 2.45) is 5.73 Å². The van der Waals surface area contributed by atoms with Crippen LogP contribution in [0.1, 0.15) is 5.56 Å². The molecular weight excluding hydrogens is 316 g/mol. The van der Waals surface area contributed by atoms with Crippen LogP contribution in [0.25, 0.3) is 0 Å². The Kier molecular flexibility index (Phi) is 4.15. The summed E-state index contributed by atoms with van der Waals surface area (Å²) in [7, 11) is 0. The molecule has 0 heterocycles. The normalized spacial score (nSPS) is 12.5. The van der Waals surface area contributed by atoms with Gasteiger partial charge >= 0.3 is 5.97 Å². The van der Waals surface area contributed by atoms with Crippen LogP contribution >= 0.6 is 34.2 Å². The third-order valence-corrected chi connectivity index (χ3v) is 2.80. The van der Waals surface area contributed by atoms with Gasteiger partial charge in [0.25, 0.3) is 0 Å². The number of aliphatic carboxylic acids is 1. The lowest BCUT2D eigenvalue weighted by Gasteiger charge is -2.08. The largest absolute Gasteiger partial charge is 0.480 e. The summed E-state index contributed by atoms with van der Waals surface area (Å²) in [6.45, 7) is 0. The number of nitrogens with two attached hydrogens (primary N) is 1. The van der Waals surface area contributed by atoms with Crippen LogP contribution in [0.3, 0.4) is 0 Å². The standard InChI is InChI=1S/C9H9ClINO2/c10-7-2-1-6(11)3-5(7)4-8(12)9(13)14/h1-3,8H,4,12H2,(H,13,14)/t8-/m1/s1. The predicted octanol–water partition coefficient (Wildman–Crippen LogP) is 1.90. The molecule has 3 nitrogen and oxygen atoms in total. The van der Waals surface area contributed by atoms with Gasteiger partial charge in [0.1, 0.15) is 6.04 Å².